The second-order valence-corrected chi connectivity index (χ2v) is 7.66. The van der Waals surface area contributed by atoms with Crippen molar-refractivity contribution in [3.05, 3.63) is 64.7 Å². The Morgan fingerprint density at radius 1 is 1.04 bits per heavy atom. The number of hydrogen-bond donors (Lipinski definition) is 1. The molecular weight excluding hydrogens is 360 g/mol. The van der Waals surface area contributed by atoms with Gasteiger partial charge in [-0.25, -0.2) is 17.2 Å². The van der Waals surface area contributed by atoms with Crippen molar-refractivity contribution in [1.29, 1.82) is 0 Å². The molecule has 0 aliphatic heterocycles. The van der Waals surface area contributed by atoms with E-state index >= 15 is 0 Å². The Hall–Kier alpha value is -1.99. The minimum absolute atomic E-state index is 0.00869. The predicted octanol–water partition coefficient (Wildman–Crippen LogP) is 3.56. The van der Waals surface area contributed by atoms with Crippen LogP contribution in [0.2, 0.25) is 5.02 Å². The molecule has 0 bridgehead atoms. The first-order valence-corrected chi connectivity index (χ1v) is 9.16. The molecule has 0 fully saturated rings. The number of hydrogen-bond acceptors (Lipinski definition) is 3. The highest BCUT2D eigenvalue weighted by atomic mass is 35.5. The molecule has 4 nitrogen and oxygen atoms in total. The highest BCUT2D eigenvalue weighted by Gasteiger charge is 2.19. The summed E-state index contributed by atoms with van der Waals surface area (Å²) in [5.74, 6) is -3.10. The Morgan fingerprint density at radius 3 is 2.38 bits per heavy atom. The average molecular weight is 374 g/mol. The molecule has 8 heteroatoms. The lowest BCUT2D eigenvalue weighted by molar-refractivity contribution is -0.115. The number of para-hydroxylation sites is 1. The van der Waals surface area contributed by atoms with Gasteiger partial charge in [0.25, 0.3) is 0 Å². The zero-order chi connectivity index (χ0) is 17.7. The Morgan fingerprint density at radius 2 is 1.71 bits per heavy atom. The lowest BCUT2D eigenvalue weighted by Gasteiger charge is -2.08. The maximum atomic E-state index is 13.6. The van der Waals surface area contributed by atoms with E-state index in [1.54, 1.807) is 0 Å². The number of carbonyl (C=O) groups is 1. The summed E-state index contributed by atoms with van der Waals surface area (Å²) in [7, 11) is -3.76. The first kappa shape index (κ1) is 18.4. The topological polar surface area (TPSA) is 63.2 Å². The van der Waals surface area contributed by atoms with Crippen molar-refractivity contribution >= 4 is 33.0 Å². The summed E-state index contributed by atoms with van der Waals surface area (Å²) >= 11 is 5.80. The maximum absolute atomic E-state index is 13.6. The number of nitrogens with one attached hydrogen (secondary N) is 1. The van der Waals surface area contributed by atoms with Crippen LogP contribution in [0.15, 0.2) is 42.5 Å². The van der Waals surface area contributed by atoms with Crippen molar-refractivity contribution < 1.29 is 22.0 Å². The van der Waals surface area contributed by atoms with Gasteiger partial charge in [0.15, 0.2) is 9.84 Å². The third-order valence-corrected chi connectivity index (χ3v) is 5.12. The second kappa shape index (κ2) is 7.72. The van der Waals surface area contributed by atoms with E-state index in [9.17, 15) is 22.0 Å². The van der Waals surface area contributed by atoms with E-state index < -0.39 is 38.9 Å². The van der Waals surface area contributed by atoms with Crippen LogP contribution >= 0.6 is 11.6 Å². The number of sulfone groups is 1. The molecule has 0 saturated carbocycles. The minimum Gasteiger partial charge on any atom is -0.324 e. The van der Waals surface area contributed by atoms with Crippen molar-refractivity contribution in [2.45, 2.75) is 12.2 Å². The van der Waals surface area contributed by atoms with Crippen LogP contribution in [0.25, 0.3) is 0 Å². The quantitative estimate of drug-likeness (QED) is 0.842. The van der Waals surface area contributed by atoms with Crippen molar-refractivity contribution in [3.63, 3.8) is 0 Å². The lowest BCUT2D eigenvalue weighted by Crippen LogP contribution is -2.19. The van der Waals surface area contributed by atoms with Gasteiger partial charge in [0, 0.05) is 17.0 Å². The fraction of sp³-hybridized carbons (Fsp3) is 0.188. The fourth-order valence-electron chi connectivity index (χ4n) is 1.99. The van der Waals surface area contributed by atoms with Gasteiger partial charge in [0.2, 0.25) is 5.91 Å². The number of benzene rings is 2. The molecule has 128 valence electrons. The molecule has 0 aliphatic carbocycles. The first-order valence-electron chi connectivity index (χ1n) is 6.96. The molecule has 0 spiro atoms. The molecule has 1 N–H and O–H groups in total. The van der Waals surface area contributed by atoms with Gasteiger partial charge in [-0.1, -0.05) is 29.8 Å². The molecule has 1 amide bonds. The number of rotatable bonds is 6. The van der Waals surface area contributed by atoms with Gasteiger partial charge < -0.3 is 5.32 Å². The fourth-order valence-corrected chi connectivity index (χ4v) is 3.67. The normalized spacial score (nSPS) is 11.3. The van der Waals surface area contributed by atoms with Gasteiger partial charge in [-0.15, -0.1) is 0 Å². The van der Waals surface area contributed by atoms with Crippen LogP contribution in [-0.4, -0.2) is 20.1 Å². The molecule has 2 aromatic carbocycles. The molecule has 0 atom stereocenters. The van der Waals surface area contributed by atoms with Gasteiger partial charge >= 0.3 is 0 Å². The average Bonchev–Trinajstić information content (AvgIpc) is 2.52. The van der Waals surface area contributed by atoms with E-state index in [0.717, 1.165) is 6.07 Å². The Kier molecular flexibility index (Phi) is 5.90. The lowest BCUT2D eigenvalue weighted by atomic mass is 10.2. The predicted molar refractivity (Wildman–Crippen MR) is 88.5 cm³/mol. The maximum Gasteiger partial charge on any atom is 0.225 e. The Balaban J connectivity index is 1.98. The van der Waals surface area contributed by atoms with E-state index in [1.165, 1.54) is 36.4 Å². The molecule has 0 unspecified atom stereocenters. The van der Waals surface area contributed by atoms with Gasteiger partial charge in [-0.05, 0) is 24.3 Å². The summed E-state index contributed by atoms with van der Waals surface area (Å²) in [5, 5.41) is 2.30. The van der Waals surface area contributed by atoms with E-state index in [0.29, 0.717) is 0 Å². The van der Waals surface area contributed by atoms with Crippen molar-refractivity contribution in [2.24, 2.45) is 0 Å². The zero-order valence-electron chi connectivity index (χ0n) is 12.4. The van der Waals surface area contributed by atoms with Crippen LogP contribution in [0.5, 0.6) is 0 Å². The molecule has 2 rings (SSSR count). The number of anilines is 1. The van der Waals surface area contributed by atoms with Crippen molar-refractivity contribution in [3.8, 4) is 0 Å². The minimum atomic E-state index is -3.76. The number of carbonyl (C=O) groups excluding carboxylic acids is 1. The van der Waals surface area contributed by atoms with E-state index in [1.807, 2.05) is 0 Å². The van der Waals surface area contributed by atoms with Crippen LogP contribution in [0.3, 0.4) is 0 Å². The molecule has 2 aromatic rings. The zero-order valence-corrected chi connectivity index (χ0v) is 14.0. The third kappa shape index (κ3) is 5.01. The molecule has 0 aliphatic rings. The summed E-state index contributed by atoms with van der Waals surface area (Å²) in [6.07, 6.45) is -0.372. The largest absolute Gasteiger partial charge is 0.324 e. The highest BCUT2D eigenvalue weighted by molar-refractivity contribution is 7.90. The van der Waals surface area contributed by atoms with E-state index in [4.69, 9.17) is 11.6 Å². The molecule has 0 saturated heterocycles. The summed E-state index contributed by atoms with van der Waals surface area (Å²) in [5.41, 5.74) is -0.161. The van der Waals surface area contributed by atoms with Crippen LogP contribution in [-0.2, 0) is 20.4 Å². The second-order valence-electron chi connectivity index (χ2n) is 5.07. The van der Waals surface area contributed by atoms with Crippen LogP contribution in [0.4, 0.5) is 14.5 Å². The van der Waals surface area contributed by atoms with Gasteiger partial charge in [-0.2, -0.15) is 0 Å². The summed E-state index contributed by atoms with van der Waals surface area (Å²) < 4.78 is 51.2. The molecule has 0 radical (unpaired) electrons. The molecule has 24 heavy (non-hydrogen) atoms. The molecular formula is C16H14ClF2NO3S. The van der Waals surface area contributed by atoms with Crippen LogP contribution in [0, 0.1) is 11.6 Å². The SMILES string of the molecule is O=C(CCS(=O)(=O)Cc1c(F)cccc1Cl)Nc1ccccc1F. The van der Waals surface area contributed by atoms with Gasteiger partial charge in [0.1, 0.15) is 11.6 Å². The summed E-state index contributed by atoms with van der Waals surface area (Å²) in [4.78, 5) is 11.8. The molecule has 0 aromatic heterocycles. The number of amides is 1. The Labute approximate surface area is 143 Å². The smallest absolute Gasteiger partial charge is 0.225 e. The number of halogens is 3. The Bertz CT molecular complexity index is 836. The monoisotopic (exact) mass is 373 g/mol. The van der Waals surface area contributed by atoms with E-state index in [2.05, 4.69) is 5.32 Å². The van der Waals surface area contributed by atoms with Crippen molar-refractivity contribution in [1.82, 2.24) is 0 Å². The summed E-state index contributed by atoms with van der Waals surface area (Å²) in [6.45, 7) is 0. The van der Waals surface area contributed by atoms with Crippen LogP contribution in [0.1, 0.15) is 12.0 Å². The highest BCUT2D eigenvalue weighted by Crippen LogP contribution is 2.22. The van der Waals surface area contributed by atoms with Crippen molar-refractivity contribution in [2.75, 3.05) is 11.1 Å². The summed E-state index contributed by atoms with van der Waals surface area (Å²) in [6, 6.07) is 9.41. The van der Waals surface area contributed by atoms with Gasteiger partial charge in [-0.3, -0.25) is 4.79 Å². The third-order valence-electron chi connectivity index (χ3n) is 3.21. The first-order chi connectivity index (χ1) is 11.3. The van der Waals surface area contributed by atoms with Crippen LogP contribution < -0.4 is 5.32 Å². The standard InChI is InChI=1S/C16H14ClF2NO3S/c17-12-4-3-6-13(18)11(12)10-24(22,23)9-8-16(21)20-15-7-2-1-5-14(15)19/h1-7H,8-10H2,(H,20,21). The van der Waals surface area contributed by atoms with E-state index in [-0.39, 0.29) is 22.7 Å². The molecule has 0 heterocycles. The van der Waals surface area contributed by atoms with Gasteiger partial charge in [0.05, 0.1) is 17.2 Å².